The van der Waals surface area contributed by atoms with Crippen molar-refractivity contribution < 1.29 is 28.2 Å². The normalized spacial score (nSPS) is 14.4. The van der Waals surface area contributed by atoms with Gasteiger partial charge in [-0.3, -0.25) is 9.69 Å². The van der Waals surface area contributed by atoms with Gasteiger partial charge >= 0.3 is 0 Å². The van der Waals surface area contributed by atoms with Gasteiger partial charge in [-0.15, -0.1) is 0 Å². The number of fused-ring (bicyclic) bond motifs is 1. The fourth-order valence-corrected chi connectivity index (χ4v) is 6.14. The monoisotopic (exact) mass is 574 g/mol. The molecule has 0 aliphatic carbocycles. The van der Waals surface area contributed by atoms with Crippen LogP contribution in [0.25, 0.3) is 21.9 Å². The highest BCUT2D eigenvalue weighted by Gasteiger charge is 2.24. The first-order valence-electron chi connectivity index (χ1n) is 13.7. The molecule has 9 heteroatoms. The van der Waals surface area contributed by atoms with E-state index in [0.29, 0.717) is 34.3 Å². The van der Waals surface area contributed by atoms with Gasteiger partial charge in [0.2, 0.25) is 10.0 Å². The van der Waals surface area contributed by atoms with Crippen LogP contribution in [-0.4, -0.2) is 74.0 Å². The summed E-state index contributed by atoms with van der Waals surface area (Å²) >= 11 is 0. The zero-order chi connectivity index (χ0) is 29.1. The minimum absolute atomic E-state index is 0.00874. The molecule has 4 aromatic rings. The van der Waals surface area contributed by atoms with Crippen molar-refractivity contribution in [3.63, 3.8) is 0 Å². The Bertz CT molecular complexity index is 1680. The Labute approximate surface area is 240 Å². The van der Waals surface area contributed by atoms with Crippen LogP contribution in [0.4, 0.5) is 0 Å². The summed E-state index contributed by atoms with van der Waals surface area (Å²) in [7, 11) is -0.928. The molecule has 0 aromatic heterocycles. The lowest BCUT2D eigenvalue weighted by Crippen LogP contribution is -2.33. The summed E-state index contributed by atoms with van der Waals surface area (Å²) in [6.45, 7) is 3.62. The van der Waals surface area contributed by atoms with Gasteiger partial charge < -0.3 is 14.9 Å². The van der Waals surface area contributed by atoms with E-state index in [2.05, 4.69) is 4.90 Å². The second-order valence-corrected chi connectivity index (χ2v) is 12.6. The third-order valence-electron chi connectivity index (χ3n) is 7.51. The summed E-state index contributed by atoms with van der Waals surface area (Å²) in [5, 5.41) is 22.1. The molecule has 214 valence electrons. The van der Waals surface area contributed by atoms with E-state index in [1.54, 1.807) is 48.5 Å². The summed E-state index contributed by atoms with van der Waals surface area (Å²) in [4.78, 5) is 16.4. The topological polar surface area (TPSA) is 107 Å². The van der Waals surface area contributed by atoms with Crippen LogP contribution in [0.1, 0.15) is 35.2 Å². The molecule has 0 saturated carbocycles. The quantitative estimate of drug-likeness (QED) is 0.263. The van der Waals surface area contributed by atoms with E-state index >= 15 is 0 Å². The molecule has 41 heavy (non-hydrogen) atoms. The van der Waals surface area contributed by atoms with Crippen molar-refractivity contribution in [1.82, 2.24) is 9.21 Å². The van der Waals surface area contributed by atoms with Crippen molar-refractivity contribution in [3.8, 4) is 28.4 Å². The zero-order valence-electron chi connectivity index (χ0n) is 23.2. The molecular formula is C32H34N2O6S. The highest BCUT2D eigenvalue weighted by molar-refractivity contribution is 7.89. The maximum absolute atomic E-state index is 14.1. The molecule has 8 nitrogen and oxygen atoms in total. The lowest BCUT2D eigenvalue weighted by atomic mass is 9.89. The lowest BCUT2D eigenvalue weighted by molar-refractivity contribution is 0.104. The van der Waals surface area contributed by atoms with E-state index in [9.17, 15) is 23.4 Å². The number of ketones is 1. The number of phenolic OH excluding ortho intramolecular Hbond substituents is 2. The molecule has 1 heterocycles. The summed E-state index contributed by atoms with van der Waals surface area (Å²) in [6, 6.07) is 19.1. The van der Waals surface area contributed by atoms with Gasteiger partial charge in [0.15, 0.2) is 5.78 Å². The number of phenols is 2. The number of aromatic hydroxyl groups is 2. The van der Waals surface area contributed by atoms with Crippen molar-refractivity contribution >= 4 is 26.6 Å². The Morgan fingerprint density at radius 3 is 2.32 bits per heavy atom. The van der Waals surface area contributed by atoms with E-state index in [-0.39, 0.29) is 33.3 Å². The Morgan fingerprint density at radius 2 is 1.61 bits per heavy atom. The van der Waals surface area contributed by atoms with Gasteiger partial charge in [-0.05, 0) is 103 Å². The Balaban J connectivity index is 1.51. The van der Waals surface area contributed by atoms with Crippen LogP contribution < -0.4 is 4.74 Å². The van der Waals surface area contributed by atoms with Crippen molar-refractivity contribution in [3.05, 3.63) is 83.9 Å². The molecule has 1 aliphatic rings. The van der Waals surface area contributed by atoms with Crippen LogP contribution >= 0.6 is 0 Å². The van der Waals surface area contributed by atoms with Crippen LogP contribution in [0.3, 0.4) is 0 Å². The number of rotatable bonds is 9. The number of ether oxygens (including phenoxy) is 1. The van der Waals surface area contributed by atoms with Crippen molar-refractivity contribution in [2.45, 2.75) is 24.2 Å². The van der Waals surface area contributed by atoms with Crippen LogP contribution in [-0.2, 0) is 10.0 Å². The lowest BCUT2D eigenvalue weighted by Gasteiger charge is -2.26. The number of carbonyl (C=O) groups is 1. The Morgan fingerprint density at radius 1 is 0.878 bits per heavy atom. The molecule has 0 spiro atoms. The van der Waals surface area contributed by atoms with Gasteiger partial charge in [-0.1, -0.05) is 18.6 Å². The molecule has 4 aromatic carbocycles. The first-order chi connectivity index (χ1) is 19.6. The van der Waals surface area contributed by atoms with E-state index in [0.717, 1.165) is 23.9 Å². The molecule has 0 unspecified atom stereocenters. The van der Waals surface area contributed by atoms with E-state index in [1.807, 2.05) is 0 Å². The number of nitrogens with zero attached hydrogens (tertiary/aromatic N) is 2. The fourth-order valence-electron chi connectivity index (χ4n) is 5.21. The number of hydrogen-bond acceptors (Lipinski definition) is 7. The van der Waals surface area contributed by atoms with E-state index in [4.69, 9.17) is 4.74 Å². The van der Waals surface area contributed by atoms with Gasteiger partial charge in [0.25, 0.3) is 0 Å². The van der Waals surface area contributed by atoms with Gasteiger partial charge in [0.05, 0.1) is 4.90 Å². The predicted molar refractivity (Wildman–Crippen MR) is 159 cm³/mol. The summed E-state index contributed by atoms with van der Waals surface area (Å²) in [5.41, 5.74) is 1.29. The molecule has 2 N–H and O–H groups in total. The zero-order valence-corrected chi connectivity index (χ0v) is 24.0. The van der Waals surface area contributed by atoms with Crippen LogP contribution in [0.2, 0.25) is 0 Å². The smallest absolute Gasteiger partial charge is 0.242 e. The van der Waals surface area contributed by atoms with Crippen LogP contribution in [0, 0.1) is 0 Å². The number of hydrogen-bond donors (Lipinski definition) is 2. The average molecular weight is 575 g/mol. The SMILES string of the molecule is CN(C)S(=O)(=O)c1ccc(O)c(-c2ccc3cc(O)ccc3c2C(=O)c2ccc(OCCN3CCCCC3)cc2)c1. The minimum Gasteiger partial charge on any atom is -0.508 e. The molecule has 0 atom stereocenters. The van der Waals surface area contributed by atoms with Gasteiger partial charge in [0.1, 0.15) is 23.9 Å². The van der Waals surface area contributed by atoms with E-state index < -0.39 is 10.0 Å². The number of sulfonamides is 1. The molecular weight excluding hydrogens is 540 g/mol. The standard InChI is InChI=1S/C32H34N2O6S/c1-33(2)41(38,39)26-12-15-30(36)29(21-26)28-13-8-23-20-24(35)9-14-27(23)31(28)32(37)22-6-10-25(11-7-22)40-19-18-34-16-4-3-5-17-34/h6-15,20-21,35-36H,3-5,16-19H2,1-2H3. The number of piperidine rings is 1. The third kappa shape index (κ3) is 6.07. The predicted octanol–water partition coefficient (Wildman–Crippen LogP) is 5.26. The maximum Gasteiger partial charge on any atom is 0.242 e. The molecule has 0 radical (unpaired) electrons. The summed E-state index contributed by atoms with van der Waals surface area (Å²) in [5.74, 6) is 0.251. The van der Waals surface area contributed by atoms with E-state index in [1.165, 1.54) is 57.6 Å². The second-order valence-electron chi connectivity index (χ2n) is 10.5. The molecule has 1 saturated heterocycles. The van der Waals surface area contributed by atoms with Crippen LogP contribution in [0.5, 0.6) is 17.2 Å². The van der Waals surface area contributed by atoms with Gasteiger partial charge in [-0.25, -0.2) is 12.7 Å². The number of benzene rings is 4. The molecule has 0 bridgehead atoms. The third-order valence-corrected chi connectivity index (χ3v) is 9.32. The number of carbonyl (C=O) groups excluding carboxylic acids is 1. The molecule has 1 aliphatic heterocycles. The number of likely N-dealkylation sites (tertiary alicyclic amines) is 1. The van der Waals surface area contributed by atoms with Crippen molar-refractivity contribution in [2.75, 3.05) is 40.3 Å². The Hall–Kier alpha value is -3.92. The largest absolute Gasteiger partial charge is 0.508 e. The molecule has 0 amide bonds. The van der Waals surface area contributed by atoms with Gasteiger partial charge in [-0.2, -0.15) is 0 Å². The van der Waals surface area contributed by atoms with Crippen molar-refractivity contribution in [1.29, 1.82) is 0 Å². The average Bonchev–Trinajstić information content (AvgIpc) is 2.97. The fraction of sp³-hybridized carbons (Fsp3) is 0.281. The summed E-state index contributed by atoms with van der Waals surface area (Å²) in [6.07, 6.45) is 3.73. The highest BCUT2D eigenvalue weighted by atomic mass is 32.2. The highest BCUT2D eigenvalue weighted by Crippen LogP contribution is 2.39. The van der Waals surface area contributed by atoms with Crippen molar-refractivity contribution in [2.24, 2.45) is 0 Å². The second kappa shape index (κ2) is 11.9. The summed E-state index contributed by atoms with van der Waals surface area (Å²) < 4.78 is 32.7. The molecule has 5 rings (SSSR count). The maximum atomic E-state index is 14.1. The minimum atomic E-state index is -3.79. The Kier molecular flexibility index (Phi) is 8.30. The van der Waals surface area contributed by atoms with Gasteiger partial charge in [0, 0.05) is 37.3 Å². The first-order valence-corrected chi connectivity index (χ1v) is 15.1. The molecule has 1 fully saturated rings. The van der Waals surface area contributed by atoms with Crippen LogP contribution in [0.15, 0.2) is 77.7 Å². The first kappa shape index (κ1) is 28.6.